The summed E-state index contributed by atoms with van der Waals surface area (Å²) in [7, 11) is 0. The van der Waals surface area contributed by atoms with Crippen molar-refractivity contribution in [1.29, 1.82) is 0 Å². The summed E-state index contributed by atoms with van der Waals surface area (Å²) in [6.45, 7) is 4.21. The number of nitrogens with one attached hydrogen (secondary N) is 1. The lowest BCUT2D eigenvalue weighted by Crippen LogP contribution is -2.22. The molecule has 3 rings (SSSR count). The summed E-state index contributed by atoms with van der Waals surface area (Å²) < 4.78 is 5.00. The molecule has 0 amide bonds. The summed E-state index contributed by atoms with van der Waals surface area (Å²) in [5.41, 5.74) is 1.40. The van der Waals surface area contributed by atoms with Gasteiger partial charge >= 0.3 is 5.97 Å². The molecule has 1 atom stereocenters. The number of hydrogen-bond acceptors (Lipinski definition) is 6. The minimum absolute atomic E-state index is 0.0173. The van der Waals surface area contributed by atoms with Crippen LogP contribution in [-0.4, -0.2) is 28.6 Å². The molecular weight excluding hydrogens is 298 g/mol. The van der Waals surface area contributed by atoms with Crippen LogP contribution in [0.15, 0.2) is 6.33 Å². The molecule has 0 saturated heterocycles. The van der Waals surface area contributed by atoms with E-state index in [4.69, 9.17) is 4.74 Å². The van der Waals surface area contributed by atoms with Crippen LogP contribution in [-0.2, 0) is 22.4 Å². The van der Waals surface area contributed by atoms with Crippen molar-refractivity contribution in [2.24, 2.45) is 0 Å². The monoisotopic (exact) mass is 319 g/mol. The summed E-state index contributed by atoms with van der Waals surface area (Å²) in [6, 6.07) is -0.0173. The fourth-order valence-corrected chi connectivity index (χ4v) is 4.18. The fourth-order valence-electron chi connectivity index (χ4n) is 2.95. The molecule has 1 unspecified atom stereocenters. The van der Waals surface area contributed by atoms with E-state index >= 15 is 0 Å². The molecule has 0 bridgehead atoms. The zero-order valence-electron chi connectivity index (χ0n) is 13.0. The van der Waals surface area contributed by atoms with Crippen molar-refractivity contribution in [2.45, 2.75) is 52.0 Å². The first-order chi connectivity index (χ1) is 10.7. The van der Waals surface area contributed by atoms with Crippen LogP contribution < -0.4 is 5.32 Å². The normalized spacial score (nSPS) is 15.4. The smallest absolute Gasteiger partial charge is 0.307 e. The van der Waals surface area contributed by atoms with Crippen LogP contribution in [0.3, 0.4) is 0 Å². The molecule has 0 spiro atoms. The van der Waals surface area contributed by atoms with E-state index in [2.05, 4.69) is 15.3 Å². The Morgan fingerprint density at radius 1 is 1.41 bits per heavy atom. The number of anilines is 1. The molecule has 0 aromatic carbocycles. The number of esters is 1. The molecule has 22 heavy (non-hydrogen) atoms. The van der Waals surface area contributed by atoms with Crippen LogP contribution in [0, 0.1) is 0 Å². The van der Waals surface area contributed by atoms with Gasteiger partial charge in [0.1, 0.15) is 17.0 Å². The number of hydrogen-bond donors (Lipinski definition) is 1. The van der Waals surface area contributed by atoms with Crippen LogP contribution in [0.5, 0.6) is 0 Å². The molecule has 6 heteroatoms. The molecule has 0 radical (unpaired) electrons. The maximum atomic E-state index is 11.6. The lowest BCUT2D eigenvalue weighted by atomic mass is 9.97. The number of nitrogens with zero attached hydrogens (tertiary/aromatic N) is 2. The van der Waals surface area contributed by atoms with Gasteiger partial charge in [0, 0.05) is 10.9 Å². The molecule has 1 aliphatic carbocycles. The third-order valence-electron chi connectivity index (χ3n) is 3.91. The number of aryl methyl sites for hydroxylation is 2. The van der Waals surface area contributed by atoms with Gasteiger partial charge in [0.25, 0.3) is 0 Å². The second-order valence-corrected chi connectivity index (χ2v) is 6.75. The largest absolute Gasteiger partial charge is 0.466 e. The highest BCUT2D eigenvalue weighted by atomic mass is 32.1. The molecule has 0 fully saturated rings. The Morgan fingerprint density at radius 2 is 2.23 bits per heavy atom. The van der Waals surface area contributed by atoms with Crippen molar-refractivity contribution in [1.82, 2.24) is 9.97 Å². The first-order valence-electron chi connectivity index (χ1n) is 7.86. The van der Waals surface area contributed by atoms with Crippen LogP contribution in [0.1, 0.15) is 43.6 Å². The number of carbonyl (C=O) groups excluding carboxylic acids is 1. The summed E-state index contributed by atoms with van der Waals surface area (Å²) >= 11 is 1.78. The van der Waals surface area contributed by atoms with Crippen molar-refractivity contribution < 1.29 is 9.53 Å². The molecule has 2 heterocycles. The zero-order valence-corrected chi connectivity index (χ0v) is 13.8. The van der Waals surface area contributed by atoms with Crippen LogP contribution in [0.2, 0.25) is 0 Å². The molecule has 1 N–H and O–H groups in total. The highest BCUT2D eigenvalue weighted by molar-refractivity contribution is 7.19. The van der Waals surface area contributed by atoms with Gasteiger partial charge in [0.05, 0.1) is 18.4 Å². The second-order valence-electron chi connectivity index (χ2n) is 5.67. The van der Waals surface area contributed by atoms with Crippen LogP contribution in [0.4, 0.5) is 5.82 Å². The number of ether oxygens (including phenoxy) is 1. The first kappa shape index (κ1) is 15.2. The van der Waals surface area contributed by atoms with E-state index in [9.17, 15) is 4.79 Å². The maximum absolute atomic E-state index is 11.6. The van der Waals surface area contributed by atoms with Crippen molar-refractivity contribution in [3.63, 3.8) is 0 Å². The van der Waals surface area contributed by atoms with E-state index in [0.29, 0.717) is 13.0 Å². The van der Waals surface area contributed by atoms with Crippen molar-refractivity contribution in [3.8, 4) is 0 Å². The lowest BCUT2D eigenvalue weighted by molar-refractivity contribution is -0.143. The molecule has 1 aliphatic rings. The minimum atomic E-state index is -0.180. The molecular formula is C16H21N3O2S. The number of rotatable bonds is 5. The van der Waals surface area contributed by atoms with E-state index < -0.39 is 0 Å². The lowest BCUT2D eigenvalue weighted by Gasteiger charge is -2.16. The fraction of sp³-hybridized carbons (Fsp3) is 0.562. The number of thiophene rings is 1. The molecule has 5 nitrogen and oxygen atoms in total. The summed E-state index contributed by atoms with van der Waals surface area (Å²) in [5, 5.41) is 4.52. The van der Waals surface area contributed by atoms with E-state index in [0.717, 1.165) is 28.9 Å². The van der Waals surface area contributed by atoms with Crippen LogP contribution in [0.25, 0.3) is 10.2 Å². The molecule has 2 aromatic heterocycles. The molecule has 0 aliphatic heterocycles. The highest BCUT2D eigenvalue weighted by Gasteiger charge is 2.21. The van der Waals surface area contributed by atoms with E-state index in [1.807, 2.05) is 13.8 Å². The zero-order chi connectivity index (χ0) is 15.5. The molecule has 118 valence electrons. The maximum Gasteiger partial charge on any atom is 0.307 e. The van der Waals surface area contributed by atoms with E-state index in [-0.39, 0.29) is 12.0 Å². The van der Waals surface area contributed by atoms with Gasteiger partial charge < -0.3 is 10.1 Å². The van der Waals surface area contributed by atoms with Gasteiger partial charge in [-0.2, -0.15) is 0 Å². The van der Waals surface area contributed by atoms with Gasteiger partial charge in [0.2, 0.25) is 0 Å². The topological polar surface area (TPSA) is 64.1 Å². The van der Waals surface area contributed by atoms with Gasteiger partial charge in [-0.15, -0.1) is 11.3 Å². The van der Waals surface area contributed by atoms with Crippen molar-refractivity contribution >= 4 is 33.3 Å². The van der Waals surface area contributed by atoms with Crippen LogP contribution >= 0.6 is 11.3 Å². The third-order valence-corrected chi connectivity index (χ3v) is 5.11. The SMILES string of the molecule is CCOC(=O)CC(C)Nc1ncnc2sc3c(c12)CCCC3. The van der Waals surface area contributed by atoms with Gasteiger partial charge in [-0.1, -0.05) is 0 Å². The second kappa shape index (κ2) is 6.60. The Kier molecular flexibility index (Phi) is 4.57. The number of carbonyl (C=O) groups is 1. The van der Waals surface area contributed by atoms with Gasteiger partial charge in [-0.3, -0.25) is 4.79 Å². The molecule has 0 saturated carbocycles. The average molecular weight is 319 g/mol. The van der Waals surface area contributed by atoms with E-state index in [1.165, 1.54) is 23.3 Å². The van der Waals surface area contributed by atoms with Crippen molar-refractivity contribution in [3.05, 3.63) is 16.8 Å². The third kappa shape index (κ3) is 3.06. The van der Waals surface area contributed by atoms with Gasteiger partial charge in [0.15, 0.2) is 0 Å². The standard InChI is InChI=1S/C16H21N3O2S/c1-3-21-13(20)8-10(2)19-15-14-11-6-4-5-7-12(11)22-16(14)18-9-17-15/h9-10H,3-8H2,1-2H3,(H,17,18,19). The van der Waals surface area contributed by atoms with E-state index in [1.54, 1.807) is 17.7 Å². The van der Waals surface area contributed by atoms with Gasteiger partial charge in [-0.05, 0) is 45.1 Å². The minimum Gasteiger partial charge on any atom is -0.466 e. The predicted molar refractivity (Wildman–Crippen MR) is 88.4 cm³/mol. The van der Waals surface area contributed by atoms with Gasteiger partial charge in [-0.25, -0.2) is 9.97 Å². The Bertz CT molecular complexity index is 683. The summed E-state index contributed by atoms with van der Waals surface area (Å²) in [6.07, 6.45) is 6.67. The van der Waals surface area contributed by atoms with Crippen molar-refractivity contribution in [2.75, 3.05) is 11.9 Å². The first-order valence-corrected chi connectivity index (χ1v) is 8.68. The predicted octanol–water partition coefficient (Wildman–Crippen LogP) is 3.32. The number of fused-ring (bicyclic) bond motifs is 3. The quantitative estimate of drug-likeness (QED) is 0.857. The average Bonchev–Trinajstić information content (AvgIpc) is 2.86. The Hall–Kier alpha value is -1.69. The highest BCUT2D eigenvalue weighted by Crippen LogP contribution is 2.38. The Morgan fingerprint density at radius 3 is 3.05 bits per heavy atom. The number of aromatic nitrogens is 2. The Labute approximate surface area is 134 Å². The Balaban J connectivity index is 1.84. The summed E-state index contributed by atoms with van der Waals surface area (Å²) in [4.78, 5) is 22.9. The molecule has 2 aromatic rings. The summed E-state index contributed by atoms with van der Waals surface area (Å²) in [5.74, 6) is 0.668.